The average molecular weight is 274 g/mol. The van der Waals surface area contributed by atoms with Gasteiger partial charge in [-0.3, -0.25) is 0 Å². The third-order valence-corrected chi connectivity index (χ3v) is 2.23. The van der Waals surface area contributed by atoms with Crippen LogP contribution in [0.5, 0.6) is 0 Å². The fourth-order valence-corrected chi connectivity index (χ4v) is 1.09. The third-order valence-electron chi connectivity index (χ3n) is 2.23. The summed E-state index contributed by atoms with van der Waals surface area (Å²) in [5, 5.41) is 22.0. The lowest BCUT2D eigenvalue weighted by Crippen LogP contribution is -2.47. The van der Waals surface area contributed by atoms with Gasteiger partial charge in [0.2, 0.25) is 0 Å². The molecule has 8 heteroatoms. The molecule has 0 aromatic heterocycles. The van der Waals surface area contributed by atoms with E-state index in [1.165, 1.54) is 0 Å². The molecular weight excluding hydrogens is 262 g/mol. The van der Waals surface area contributed by atoms with E-state index in [9.17, 15) is 23.5 Å². The molecule has 1 atom stereocenters. The largest absolute Gasteiger partial charge is 0.479 e. The standard InChI is InChI=1S/C11H12F2N2O4/c1-11(19,9(16)17)5-14-10(18)15-8-3-2-6(12)4-7(8)13/h2-4,19H,5H2,1H3,(H,16,17)(H2,14,15,18). The van der Waals surface area contributed by atoms with Crippen molar-refractivity contribution in [2.24, 2.45) is 0 Å². The van der Waals surface area contributed by atoms with Crippen LogP contribution < -0.4 is 10.6 Å². The Hall–Kier alpha value is -2.22. The fraction of sp³-hybridized carbons (Fsp3) is 0.273. The lowest BCUT2D eigenvalue weighted by Gasteiger charge is -2.18. The number of rotatable bonds is 4. The summed E-state index contributed by atoms with van der Waals surface area (Å²) in [5.74, 6) is -3.28. The van der Waals surface area contributed by atoms with Crippen molar-refractivity contribution in [1.29, 1.82) is 0 Å². The van der Waals surface area contributed by atoms with Gasteiger partial charge in [-0.1, -0.05) is 0 Å². The van der Waals surface area contributed by atoms with E-state index in [0.29, 0.717) is 6.07 Å². The van der Waals surface area contributed by atoms with Gasteiger partial charge in [0, 0.05) is 6.07 Å². The second kappa shape index (κ2) is 5.61. The van der Waals surface area contributed by atoms with E-state index in [1.807, 2.05) is 0 Å². The molecule has 0 spiro atoms. The molecular formula is C11H12F2N2O4. The number of aliphatic hydroxyl groups is 1. The maximum atomic E-state index is 13.2. The highest BCUT2D eigenvalue weighted by atomic mass is 19.1. The Morgan fingerprint density at radius 1 is 1.37 bits per heavy atom. The lowest BCUT2D eigenvalue weighted by molar-refractivity contribution is -0.155. The Bertz CT molecular complexity index is 505. The zero-order chi connectivity index (χ0) is 14.6. The predicted molar refractivity (Wildman–Crippen MR) is 61.6 cm³/mol. The normalized spacial score (nSPS) is 13.5. The minimum Gasteiger partial charge on any atom is -0.479 e. The second-order valence-corrected chi connectivity index (χ2v) is 4.01. The highest BCUT2D eigenvalue weighted by Crippen LogP contribution is 2.14. The monoisotopic (exact) mass is 274 g/mol. The molecule has 1 rings (SSSR count). The number of aliphatic carboxylic acids is 1. The first-order valence-corrected chi connectivity index (χ1v) is 5.18. The maximum absolute atomic E-state index is 13.2. The van der Waals surface area contributed by atoms with Gasteiger partial charge in [0.05, 0.1) is 12.2 Å². The topological polar surface area (TPSA) is 98.7 Å². The van der Waals surface area contributed by atoms with Crippen molar-refractivity contribution in [3.8, 4) is 0 Å². The van der Waals surface area contributed by atoms with Gasteiger partial charge < -0.3 is 20.8 Å². The van der Waals surface area contributed by atoms with Gasteiger partial charge in [-0.05, 0) is 19.1 Å². The first-order valence-electron chi connectivity index (χ1n) is 5.18. The number of carbonyl (C=O) groups is 2. The van der Waals surface area contributed by atoms with Crippen LogP contribution in [0.25, 0.3) is 0 Å². The molecule has 1 unspecified atom stereocenters. The number of anilines is 1. The number of hydrogen-bond acceptors (Lipinski definition) is 3. The Morgan fingerprint density at radius 2 is 2.00 bits per heavy atom. The zero-order valence-corrected chi connectivity index (χ0v) is 9.91. The quantitative estimate of drug-likeness (QED) is 0.656. The molecule has 0 heterocycles. The maximum Gasteiger partial charge on any atom is 0.337 e. The molecule has 104 valence electrons. The molecule has 2 amide bonds. The molecule has 1 aromatic carbocycles. The number of amides is 2. The van der Waals surface area contributed by atoms with E-state index in [0.717, 1.165) is 19.1 Å². The first-order chi connectivity index (χ1) is 8.72. The van der Waals surface area contributed by atoms with Gasteiger partial charge in [-0.2, -0.15) is 0 Å². The summed E-state index contributed by atoms with van der Waals surface area (Å²) in [7, 11) is 0. The van der Waals surface area contributed by atoms with Gasteiger partial charge >= 0.3 is 12.0 Å². The summed E-state index contributed by atoms with van der Waals surface area (Å²) in [5.41, 5.74) is -2.41. The molecule has 0 saturated carbocycles. The number of carboxylic acid groups (broad SMARTS) is 1. The van der Waals surface area contributed by atoms with Crippen molar-refractivity contribution in [3.05, 3.63) is 29.8 Å². The van der Waals surface area contributed by atoms with Crippen LogP contribution in [0, 0.1) is 11.6 Å². The van der Waals surface area contributed by atoms with E-state index in [4.69, 9.17) is 5.11 Å². The van der Waals surface area contributed by atoms with Gasteiger partial charge in [0.1, 0.15) is 11.6 Å². The summed E-state index contributed by atoms with van der Waals surface area (Å²) in [6.07, 6.45) is 0. The van der Waals surface area contributed by atoms with Gasteiger partial charge in [0.25, 0.3) is 0 Å². The number of halogens is 2. The molecule has 4 N–H and O–H groups in total. The summed E-state index contributed by atoms with van der Waals surface area (Å²) >= 11 is 0. The molecule has 0 bridgehead atoms. The number of carbonyl (C=O) groups excluding carboxylic acids is 1. The average Bonchev–Trinajstić information content (AvgIpc) is 2.30. The van der Waals surface area contributed by atoms with Crippen LogP contribution in [0.2, 0.25) is 0 Å². The van der Waals surface area contributed by atoms with Crippen molar-refractivity contribution in [2.75, 3.05) is 11.9 Å². The molecule has 0 saturated heterocycles. The van der Waals surface area contributed by atoms with Crippen molar-refractivity contribution in [3.63, 3.8) is 0 Å². The Labute approximate surface area is 107 Å². The number of benzene rings is 1. The minimum absolute atomic E-state index is 0.270. The molecule has 0 aliphatic carbocycles. The van der Waals surface area contributed by atoms with Gasteiger partial charge in [0.15, 0.2) is 5.60 Å². The Morgan fingerprint density at radius 3 is 2.53 bits per heavy atom. The molecule has 19 heavy (non-hydrogen) atoms. The number of carboxylic acids is 1. The van der Waals surface area contributed by atoms with Crippen LogP contribution in [0.15, 0.2) is 18.2 Å². The molecule has 1 aromatic rings. The van der Waals surface area contributed by atoms with E-state index >= 15 is 0 Å². The van der Waals surface area contributed by atoms with E-state index in [2.05, 4.69) is 10.6 Å². The third kappa shape index (κ3) is 4.18. The highest BCUT2D eigenvalue weighted by molar-refractivity contribution is 5.90. The summed E-state index contributed by atoms with van der Waals surface area (Å²) < 4.78 is 25.8. The summed E-state index contributed by atoms with van der Waals surface area (Å²) in [6, 6.07) is 1.63. The van der Waals surface area contributed by atoms with Crippen molar-refractivity contribution < 1.29 is 28.6 Å². The minimum atomic E-state index is -2.14. The molecule has 0 aliphatic heterocycles. The Balaban J connectivity index is 2.59. The van der Waals surface area contributed by atoms with Crippen molar-refractivity contribution in [2.45, 2.75) is 12.5 Å². The molecule has 6 nitrogen and oxygen atoms in total. The van der Waals surface area contributed by atoms with Crippen molar-refractivity contribution >= 4 is 17.7 Å². The van der Waals surface area contributed by atoms with Crippen LogP contribution in [-0.2, 0) is 4.79 Å². The summed E-state index contributed by atoms with van der Waals surface area (Å²) in [6.45, 7) is 0.422. The van der Waals surface area contributed by atoms with Gasteiger partial charge in [-0.25, -0.2) is 18.4 Å². The van der Waals surface area contributed by atoms with Gasteiger partial charge in [-0.15, -0.1) is 0 Å². The van der Waals surface area contributed by atoms with Crippen LogP contribution in [0.1, 0.15) is 6.92 Å². The lowest BCUT2D eigenvalue weighted by atomic mass is 10.1. The van der Waals surface area contributed by atoms with E-state index in [-0.39, 0.29) is 5.69 Å². The molecule has 0 radical (unpaired) electrons. The predicted octanol–water partition coefficient (Wildman–Crippen LogP) is 0.922. The number of urea groups is 1. The molecule has 0 aliphatic rings. The van der Waals surface area contributed by atoms with Crippen LogP contribution in [0.3, 0.4) is 0 Å². The smallest absolute Gasteiger partial charge is 0.337 e. The first kappa shape index (κ1) is 14.8. The molecule has 0 fully saturated rings. The van der Waals surface area contributed by atoms with Crippen molar-refractivity contribution in [1.82, 2.24) is 5.32 Å². The second-order valence-electron chi connectivity index (χ2n) is 4.01. The van der Waals surface area contributed by atoms with Crippen LogP contribution in [-0.4, -0.2) is 34.4 Å². The SMILES string of the molecule is CC(O)(CNC(=O)Nc1ccc(F)cc1F)C(=O)O. The van der Waals surface area contributed by atoms with E-state index < -0.39 is 35.8 Å². The Kier molecular flexibility index (Phi) is 4.38. The van der Waals surface area contributed by atoms with Crippen LogP contribution >= 0.6 is 0 Å². The summed E-state index contributed by atoms with van der Waals surface area (Å²) in [4.78, 5) is 21.9. The number of nitrogens with one attached hydrogen (secondary N) is 2. The van der Waals surface area contributed by atoms with E-state index in [1.54, 1.807) is 0 Å². The highest BCUT2D eigenvalue weighted by Gasteiger charge is 2.30. The number of hydrogen-bond donors (Lipinski definition) is 4. The zero-order valence-electron chi connectivity index (χ0n) is 9.91. The fourth-order valence-electron chi connectivity index (χ4n) is 1.09. The van der Waals surface area contributed by atoms with Crippen LogP contribution in [0.4, 0.5) is 19.3 Å².